The fraction of sp³-hybridized carbons (Fsp3) is 0.441. The van der Waals surface area contributed by atoms with Gasteiger partial charge in [0.25, 0.3) is 5.91 Å². The standard InChI is InChI=1S/C34H41F3N8O3/c1-22-17-25(24-9-7-23(8-10-24)20-43-13-15-44(16-14-43)31(47)48-32(2,3)4)11-12-27(22)45-21-26(18-39-45)29(46)38-19-28-40-30(42-41-28)33(5,6)34(35,36)37/h7-12,17-18,21H,13-16,19-20H2,1-6H3,(H,38,46)(H,40,41,42). The number of piperazine rings is 1. The van der Waals surface area contributed by atoms with Crippen LogP contribution in [-0.4, -0.2) is 84.7 Å². The molecule has 0 aliphatic carbocycles. The molecule has 0 atom stereocenters. The predicted octanol–water partition coefficient (Wildman–Crippen LogP) is 5.79. The lowest BCUT2D eigenvalue weighted by Gasteiger charge is -2.35. The summed E-state index contributed by atoms with van der Waals surface area (Å²) >= 11 is 0. The van der Waals surface area contributed by atoms with Crippen molar-refractivity contribution in [3.63, 3.8) is 0 Å². The first kappa shape index (κ1) is 34.6. The zero-order valence-corrected chi connectivity index (χ0v) is 28.0. The van der Waals surface area contributed by atoms with Crippen LogP contribution in [0.4, 0.5) is 18.0 Å². The molecule has 1 aliphatic rings. The Morgan fingerprint density at radius 2 is 1.62 bits per heavy atom. The normalized spacial score (nSPS) is 14.6. The number of hydrogen-bond donors (Lipinski definition) is 2. The van der Waals surface area contributed by atoms with E-state index in [4.69, 9.17) is 4.74 Å². The van der Waals surface area contributed by atoms with Crippen LogP contribution in [0, 0.1) is 6.92 Å². The first-order valence-corrected chi connectivity index (χ1v) is 15.7. The first-order chi connectivity index (χ1) is 22.5. The maximum Gasteiger partial charge on any atom is 0.410 e. The summed E-state index contributed by atoms with van der Waals surface area (Å²) in [7, 11) is 0. The van der Waals surface area contributed by atoms with Crippen molar-refractivity contribution in [1.29, 1.82) is 0 Å². The lowest BCUT2D eigenvalue weighted by molar-refractivity contribution is -0.182. The number of aromatic amines is 1. The van der Waals surface area contributed by atoms with Gasteiger partial charge >= 0.3 is 12.3 Å². The molecule has 1 aliphatic heterocycles. The fourth-order valence-corrected chi connectivity index (χ4v) is 5.19. The molecule has 5 rings (SSSR count). The second kappa shape index (κ2) is 13.4. The molecule has 0 spiro atoms. The van der Waals surface area contributed by atoms with Gasteiger partial charge in [-0.1, -0.05) is 30.3 Å². The van der Waals surface area contributed by atoms with Crippen molar-refractivity contribution < 1.29 is 27.5 Å². The van der Waals surface area contributed by atoms with Crippen LogP contribution in [-0.2, 0) is 23.2 Å². The van der Waals surface area contributed by atoms with E-state index in [0.717, 1.165) is 55.9 Å². The molecule has 3 heterocycles. The number of ether oxygens (including phenoxy) is 1. The summed E-state index contributed by atoms with van der Waals surface area (Å²) in [6.07, 6.45) is -1.76. The van der Waals surface area contributed by atoms with Gasteiger partial charge in [-0.15, -0.1) is 0 Å². The van der Waals surface area contributed by atoms with Crippen molar-refractivity contribution in [3.05, 3.63) is 83.2 Å². The van der Waals surface area contributed by atoms with E-state index in [2.05, 4.69) is 60.8 Å². The number of aryl methyl sites for hydroxylation is 1. The quantitative estimate of drug-likeness (QED) is 0.244. The van der Waals surface area contributed by atoms with Crippen LogP contribution < -0.4 is 5.32 Å². The van der Waals surface area contributed by atoms with E-state index in [-0.39, 0.29) is 24.0 Å². The highest BCUT2D eigenvalue weighted by Crippen LogP contribution is 2.38. The molecule has 48 heavy (non-hydrogen) atoms. The Bertz CT molecular complexity index is 1750. The molecule has 2 N–H and O–H groups in total. The first-order valence-electron chi connectivity index (χ1n) is 15.7. The molecular formula is C34H41F3N8O3. The highest BCUT2D eigenvalue weighted by molar-refractivity contribution is 5.93. The number of H-pyrrole nitrogens is 1. The van der Waals surface area contributed by atoms with Gasteiger partial charge in [-0.2, -0.15) is 23.4 Å². The van der Waals surface area contributed by atoms with E-state index < -0.39 is 28.9 Å². The Morgan fingerprint density at radius 1 is 0.958 bits per heavy atom. The number of hydrogen-bond acceptors (Lipinski definition) is 7. The van der Waals surface area contributed by atoms with Crippen molar-refractivity contribution in [2.45, 2.75) is 71.8 Å². The zero-order chi connectivity index (χ0) is 34.9. The molecular weight excluding hydrogens is 625 g/mol. The molecule has 1 saturated heterocycles. The van der Waals surface area contributed by atoms with E-state index in [1.807, 2.05) is 39.8 Å². The molecule has 11 nitrogen and oxygen atoms in total. The fourth-order valence-electron chi connectivity index (χ4n) is 5.19. The summed E-state index contributed by atoms with van der Waals surface area (Å²) in [5.74, 6) is -0.733. The van der Waals surface area contributed by atoms with Gasteiger partial charge in [-0.3, -0.25) is 14.8 Å². The summed E-state index contributed by atoms with van der Waals surface area (Å²) in [6, 6.07) is 14.4. The number of benzene rings is 2. The van der Waals surface area contributed by atoms with Crippen LogP contribution in [0.1, 0.15) is 67.8 Å². The topological polar surface area (TPSA) is 121 Å². The molecule has 256 valence electrons. The Hall–Kier alpha value is -4.72. The number of amides is 2. The number of carbonyl (C=O) groups excluding carboxylic acids is 2. The number of aromatic nitrogens is 5. The minimum absolute atomic E-state index is 0.112. The van der Waals surface area contributed by atoms with Crippen LogP contribution in [0.25, 0.3) is 16.8 Å². The number of nitrogens with one attached hydrogen (secondary N) is 2. The van der Waals surface area contributed by atoms with E-state index >= 15 is 0 Å². The number of halogens is 3. The number of carbonyl (C=O) groups is 2. The van der Waals surface area contributed by atoms with Crippen molar-refractivity contribution in [2.24, 2.45) is 0 Å². The molecule has 2 aromatic heterocycles. The summed E-state index contributed by atoms with van der Waals surface area (Å²) in [5.41, 5.74) is 2.61. The maximum atomic E-state index is 13.3. The number of alkyl halides is 3. The summed E-state index contributed by atoms with van der Waals surface area (Å²) in [4.78, 5) is 33.1. The van der Waals surface area contributed by atoms with Crippen LogP contribution >= 0.6 is 0 Å². The van der Waals surface area contributed by atoms with Crippen LogP contribution in [0.2, 0.25) is 0 Å². The SMILES string of the molecule is Cc1cc(-c2ccc(CN3CCN(C(=O)OC(C)(C)C)CC3)cc2)ccc1-n1cc(C(=O)NCc2nc(C(C)(C)C(F)(F)F)n[nH]2)cn1. The van der Waals surface area contributed by atoms with Gasteiger partial charge in [0.1, 0.15) is 16.8 Å². The molecule has 1 fully saturated rings. The third-order valence-corrected chi connectivity index (χ3v) is 8.22. The van der Waals surface area contributed by atoms with Crippen LogP contribution in [0.15, 0.2) is 54.9 Å². The van der Waals surface area contributed by atoms with Crippen molar-refractivity contribution in [3.8, 4) is 16.8 Å². The van der Waals surface area contributed by atoms with Gasteiger partial charge < -0.3 is 15.0 Å². The Labute approximate surface area is 277 Å². The number of rotatable bonds is 8. The average molecular weight is 667 g/mol. The van der Waals surface area contributed by atoms with Gasteiger partial charge in [-0.25, -0.2) is 14.5 Å². The highest BCUT2D eigenvalue weighted by Gasteiger charge is 2.51. The molecule has 2 aromatic carbocycles. The lowest BCUT2D eigenvalue weighted by atomic mass is 9.92. The number of nitrogens with zero attached hydrogens (tertiary/aromatic N) is 6. The second-order valence-corrected chi connectivity index (χ2v) is 13.5. The molecule has 14 heteroatoms. The molecule has 0 unspecified atom stereocenters. The van der Waals surface area contributed by atoms with E-state index in [0.29, 0.717) is 13.1 Å². The monoisotopic (exact) mass is 666 g/mol. The van der Waals surface area contributed by atoms with E-state index in [9.17, 15) is 22.8 Å². The van der Waals surface area contributed by atoms with E-state index in [1.54, 1.807) is 15.8 Å². The minimum atomic E-state index is -4.52. The van der Waals surface area contributed by atoms with Gasteiger partial charge in [0.2, 0.25) is 0 Å². The van der Waals surface area contributed by atoms with Crippen LogP contribution in [0.5, 0.6) is 0 Å². The summed E-state index contributed by atoms with van der Waals surface area (Å²) < 4.78 is 47.0. The lowest BCUT2D eigenvalue weighted by Crippen LogP contribution is -2.49. The summed E-state index contributed by atoms with van der Waals surface area (Å²) in [5, 5.41) is 13.1. The molecule has 0 bridgehead atoms. The Balaban J connectivity index is 1.15. The maximum absolute atomic E-state index is 13.3. The Morgan fingerprint density at radius 3 is 2.25 bits per heavy atom. The van der Waals surface area contributed by atoms with Crippen molar-refractivity contribution in [2.75, 3.05) is 26.2 Å². The van der Waals surface area contributed by atoms with Gasteiger partial charge in [0.15, 0.2) is 5.82 Å². The smallest absolute Gasteiger partial charge is 0.410 e. The molecule has 0 saturated carbocycles. The van der Waals surface area contributed by atoms with Crippen LogP contribution in [0.3, 0.4) is 0 Å². The third kappa shape index (κ3) is 8.04. The average Bonchev–Trinajstić information content (AvgIpc) is 3.70. The van der Waals surface area contributed by atoms with Gasteiger partial charge in [0.05, 0.1) is 24.0 Å². The molecule has 4 aromatic rings. The van der Waals surface area contributed by atoms with Crippen molar-refractivity contribution >= 4 is 12.0 Å². The van der Waals surface area contributed by atoms with Gasteiger partial charge in [-0.05, 0) is 75.9 Å². The molecule has 2 amide bonds. The highest BCUT2D eigenvalue weighted by atomic mass is 19.4. The Kier molecular flexibility index (Phi) is 9.67. The summed E-state index contributed by atoms with van der Waals surface area (Å²) in [6.45, 7) is 13.1. The second-order valence-electron chi connectivity index (χ2n) is 13.5. The van der Waals surface area contributed by atoms with Crippen molar-refractivity contribution in [1.82, 2.24) is 40.1 Å². The minimum Gasteiger partial charge on any atom is -0.444 e. The zero-order valence-electron chi connectivity index (χ0n) is 28.0. The van der Waals surface area contributed by atoms with Gasteiger partial charge in [0, 0.05) is 38.9 Å². The third-order valence-electron chi connectivity index (χ3n) is 8.22. The predicted molar refractivity (Wildman–Crippen MR) is 173 cm³/mol. The molecule has 0 radical (unpaired) electrons. The van der Waals surface area contributed by atoms with E-state index in [1.165, 1.54) is 11.8 Å². The largest absolute Gasteiger partial charge is 0.444 e.